The molecule has 0 bridgehead atoms. The lowest BCUT2D eigenvalue weighted by Gasteiger charge is -2.40. The van der Waals surface area contributed by atoms with Crippen LogP contribution in [0.5, 0.6) is 5.75 Å². The Hall–Kier alpha value is -1.06. The third-order valence-electron chi connectivity index (χ3n) is 4.42. The number of fused-ring (bicyclic) bond motifs is 1. The van der Waals surface area contributed by atoms with Gasteiger partial charge < -0.3 is 10.1 Å². The summed E-state index contributed by atoms with van der Waals surface area (Å²) in [6.45, 7) is 5.38. The Morgan fingerprint density at radius 3 is 2.79 bits per heavy atom. The maximum absolute atomic E-state index is 5.97. The van der Waals surface area contributed by atoms with E-state index < -0.39 is 0 Å². The molecular weight excluding hydrogens is 236 g/mol. The molecule has 1 aromatic carbocycles. The number of para-hydroxylation sites is 1. The molecule has 1 aromatic rings. The first-order chi connectivity index (χ1) is 9.33. The minimum Gasteiger partial charge on any atom is -0.492 e. The second-order valence-corrected chi connectivity index (χ2v) is 5.71. The van der Waals surface area contributed by atoms with E-state index in [9.17, 15) is 0 Å². The van der Waals surface area contributed by atoms with Crippen LogP contribution in [-0.4, -0.2) is 37.7 Å². The topological polar surface area (TPSA) is 24.5 Å². The number of hydrogen-bond donors (Lipinski definition) is 1. The van der Waals surface area contributed by atoms with Crippen molar-refractivity contribution >= 4 is 0 Å². The molecule has 1 fully saturated rings. The standard InChI is InChI=1S/C16H24N2O/c1-3-18(10-12-8-9-12)14-11-19-15-7-5-4-6-13(15)16(14)17-2/h4-7,12,14,16-17H,3,8-11H2,1-2H3. The Balaban J connectivity index is 1.81. The van der Waals surface area contributed by atoms with Gasteiger partial charge >= 0.3 is 0 Å². The summed E-state index contributed by atoms with van der Waals surface area (Å²) in [5.74, 6) is 1.97. The minimum atomic E-state index is 0.378. The second-order valence-electron chi connectivity index (χ2n) is 5.71. The lowest BCUT2D eigenvalue weighted by molar-refractivity contribution is 0.0884. The van der Waals surface area contributed by atoms with Crippen LogP contribution in [0.3, 0.4) is 0 Å². The zero-order valence-corrected chi connectivity index (χ0v) is 11.9. The fourth-order valence-electron chi connectivity index (χ4n) is 3.14. The van der Waals surface area contributed by atoms with Crippen LogP contribution in [0.2, 0.25) is 0 Å². The largest absolute Gasteiger partial charge is 0.492 e. The van der Waals surface area contributed by atoms with E-state index >= 15 is 0 Å². The molecule has 1 aliphatic carbocycles. The molecule has 1 saturated carbocycles. The van der Waals surface area contributed by atoms with Gasteiger partial charge in [0, 0.05) is 12.1 Å². The molecule has 0 spiro atoms. The predicted octanol–water partition coefficient (Wildman–Crippen LogP) is 2.44. The number of ether oxygens (including phenoxy) is 1. The first-order valence-electron chi connectivity index (χ1n) is 7.46. The van der Waals surface area contributed by atoms with E-state index in [1.54, 1.807) is 0 Å². The van der Waals surface area contributed by atoms with Gasteiger partial charge in [-0.2, -0.15) is 0 Å². The van der Waals surface area contributed by atoms with Crippen LogP contribution in [0.25, 0.3) is 0 Å². The highest BCUT2D eigenvalue weighted by atomic mass is 16.5. The molecule has 1 N–H and O–H groups in total. The second kappa shape index (κ2) is 5.51. The van der Waals surface area contributed by atoms with Gasteiger partial charge in [-0.15, -0.1) is 0 Å². The summed E-state index contributed by atoms with van der Waals surface area (Å²) >= 11 is 0. The fourth-order valence-corrected chi connectivity index (χ4v) is 3.14. The summed E-state index contributed by atoms with van der Waals surface area (Å²) in [7, 11) is 2.06. The number of benzene rings is 1. The van der Waals surface area contributed by atoms with Crippen LogP contribution >= 0.6 is 0 Å². The highest BCUT2D eigenvalue weighted by Crippen LogP contribution is 2.36. The number of nitrogens with one attached hydrogen (secondary N) is 1. The molecule has 0 radical (unpaired) electrons. The lowest BCUT2D eigenvalue weighted by Crippen LogP contribution is -2.50. The molecule has 0 saturated heterocycles. The van der Waals surface area contributed by atoms with E-state index in [1.165, 1.54) is 24.9 Å². The Morgan fingerprint density at radius 1 is 1.32 bits per heavy atom. The van der Waals surface area contributed by atoms with Gasteiger partial charge in [-0.3, -0.25) is 4.90 Å². The van der Waals surface area contributed by atoms with Crippen LogP contribution in [0.1, 0.15) is 31.4 Å². The Kier molecular flexibility index (Phi) is 3.76. The number of hydrogen-bond acceptors (Lipinski definition) is 3. The van der Waals surface area contributed by atoms with E-state index in [0.29, 0.717) is 12.1 Å². The normalized spacial score (nSPS) is 26.1. The molecule has 0 amide bonds. The maximum Gasteiger partial charge on any atom is 0.124 e. The predicted molar refractivity (Wildman–Crippen MR) is 77.5 cm³/mol. The van der Waals surface area contributed by atoms with Gasteiger partial charge in [-0.25, -0.2) is 0 Å². The first-order valence-corrected chi connectivity index (χ1v) is 7.46. The van der Waals surface area contributed by atoms with Gasteiger partial charge in [-0.1, -0.05) is 25.1 Å². The molecule has 2 unspecified atom stereocenters. The monoisotopic (exact) mass is 260 g/mol. The molecule has 1 aliphatic heterocycles. The van der Waals surface area contributed by atoms with Crippen LogP contribution < -0.4 is 10.1 Å². The third kappa shape index (κ3) is 2.63. The summed E-state index contributed by atoms with van der Waals surface area (Å²) in [6, 6.07) is 9.25. The van der Waals surface area contributed by atoms with E-state index in [-0.39, 0.29) is 0 Å². The molecule has 3 rings (SSSR count). The molecule has 1 heterocycles. The molecule has 104 valence electrons. The molecule has 3 heteroatoms. The van der Waals surface area contributed by atoms with Crippen molar-refractivity contribution in [1.82, 2.24) is 10.2 Å². The summed E-state index contributed by atoms with van der Waals surface area (Å²) in [5, 5.41) is 3.50. The fraction of sp³-hybridized carbons (Fsp3) is 0.625. The van der Waals surface area contributed by atoms with Crippen molar-refractivity contribution < 1.29 is 4.74 Å². The van der Waals surface area contributed by atoms with Crippen molar-refractivity contribution in [1.29, 1.82) is 0 Å². The van der Waals surface area contributed by atoms with Gasteiger partial charge in [0.05, 0.1) is 12.1 Å². The number of likely N-dealkylation sites (N-methyl/N-ethyl adjacent to an activating group) is 2. The van der Waals surface area contributed by atoms with Gasteiger partial charge in [0.2, 0.25) is 0 Å². The van der Waals surface area contributed by atoms with E-state index in [4.69, 9.17) is 4.74 Å². The molecule has 2 aliphatic rings. The van der Waals surface area contributed by atoms with Gasteiger partial charge in [-0.05, 0) is 38.4 Å². The molecule has 2 atom stereocenters. The van der Waals surface area contributed by atoms with E-state index in [2.05, 4.69) is 42.4 Å². The zero-order valence-electron chi connectivity index (χ0n) is 11.9. The van der Waals surface area contributed by atoms with E-state index in [1.807, 2.05) is 6.07 Å². The summed E-state index contributed by atoms with van der Waals surface area (Å²) in [6.07, 6.45) is 2.82. The zero-order chi connectivity index (χ0) is 13.2. The smallest absolute Gasteiger partial charge is 0.124 e. The molecular formula is C16H24N2O. The number of nitrogens with zero attached hydrogens (tertiary/aromatic N) is 1. The summed E-state index contributed by atoms with van der Waals surface area (Å²) in [5.41, 5.74) is 1.30. The van der Waals surface area contributed by atoms with Gasteiger partial charge in [0.25, 0.3) is 0 Å². The summed E-state index contributed by atoms with van der Waals surface area (Å²) in [4.78, 5) is 2.59. The quantitative estimate of drug-likeness (QED) is 0.880. The lowest BCUT2D eigenvalue weighted by atomic mass is 9.95. The number of rotatable bonds is 5. The third-order valence-corrected chi connectivity index (χ3v) is 4.42. The van der Waals surface area contributed by atoms with Crippen LogP contribution in [0.15, 0.2) is 24.3 Å². The Bertz CT molecular complexity index is 431. The van der Waals surface area contributed by atoms with Crippen LogP contribution in [0.4, 0.5) is 0 Å². The first kappa shape index (κ1) is 12.9. The van der Waals surface area contributed by atoms with Gasteiger partial charge in [0.1, 0.15) is 12.4 Å². The average Bonchev–Trinajstić information content (AvgIpc) is 3.27. The van der Waals surface area contributed by atoms with Crippen molar-refractivity contribution in [3.8, 4) is 5.75 Å². The highest BCUT2D eigenvalue weighted by molar-refractivity contribution is 5.38. The van der Waals surface area contributed by atoms with Crippen molar-refractivity contribution in [2.24, 2.45) is 5.92 Å². The minimum absolute atomic E-state index is 0.378. The van der Waals surface area contributed by atoms with Crippen LogP contribution in [0, 0.1) is 5.92 Å². The van der Waals surface area contributed by atoms with Crippen molar-refractivity contribution in [3.05, 3.63) is 29.8 Å². The van der Waals surface area contributed by atoms with Gasteiger partial charge in [0.15, 0.2) is 0 Å². The molecule has 0 aromatic heterocycles. The van der Waals surface area contributed by atoms with Crippen molar-refractivity contribution in [3.63, 3.8) is 0 Å². The van der Waals surface area contributed by atoms with E-state index in [0.717, 1.165) is 24.8 Å². The Morgan fingerprint density at radius 2 is 2.11 bits per heavy atom. The van der Waals surface area contributed by atoms with Crippen molar-refractivity contribution in [2.75, 3.05) is 26.7 Å². The Labute approximate surface area is 115 Å². The van der Waals surface area contributed by atoms with Crippen LogP contribution in [-0.2, 0) is 0 Å². The average molecular weight is 260 g/mol. The molecule has 3 nitrogen and oxygen atoms in total. The highest BCUT2D eigenvalue weighted by Gasteiger charge is 2.35. The van der Waals surface area contributed by atoms with Crippen molar-refractivity contribution in [2.45, 2.75) is 31.8 Å². The summed E-state index contributed by atoms with van der Waals surface area (Å²) < 4.78 is 5.97. The molecule has 19 heavy (non-hydrogen) atoms. The SMILES string of the molecule is CCN(CC1CC1)C1COc2ccccc2C1NC. The maximum atomic E-state index is 5.97.